The molecule has 154 valence electrons. The Bertz CT molecular complexity index is 175. The SMILES string of the molecule is C.C.C.C.CO.CO.N.N.NC(N)=O.NOC(N)=O.O.O=C=O. The van der Waals surface area contributed by atoms with Crippen molar-refractivity contribution in [2.75, 3.05) is 14.2 Å². The molecule has 0 saturated carbocycles. The number of hydrogen-bond acceptors (Lipinski definition) is 10. The number of aliphatic hydroxyl groups excluding tert-OH is 2. The Morgan fingerprint density at radius 3 is 0.870 bits per heavy atom. The number of rotatable bonds is 0. The summed E-state index contributed by atoms with van der Waals surface area (Å²) in [5.74, 6) is 4.20. The molecule has 0 aliphatic heterocycles. The van der Waals surface area contributed by atoms with Gasteiger partial charge in [-0.15, -0.1) is 0 Å². The molecule has 3 amide bonds. The van der Waals surface area contributed by atoms with Crippen LogP contribution in [-0.2, 0) is 14.4 Å². The zero-order valence-corrected chi connectivity index (χ0v) is 10.7. The van der Waals surface area contributed by atoms with Gasteiger partial charge in [-0.05, 0) is 0 Å². The zero-order chi connectivity index (χ0) is 14.6. The molecule has 0 aromatic carbocycles. The van der Waals surface area contributed by atoms with Crippen molar-refractivity contribution >= 4 is 18.3 Å². The van der Waals surface area contributed by atoms with Crippen LogP contribution in [0, 0.1) is 0 Å². The summed E-state index contributed by atoms with van der Waals surface area (Å²) in [6.07, 6.45) is -0.718. The lowest BCUT2D eigenvalue weighted by molar-refractivity contribution is -0.191. The Kier molecular flexibility index (Phi) is 984. The molecule has 18 N–H and O–H groups in total. The fourth-order valence-electron chi connectivity index (χ4n) is 0. The van der Waals surface area contributed by atoms with Crippen molar-refractivity contribution in [3.8, 4) is 0 Å². The molecule has 0 aliphatic carbocycles. The summed E-state index contributed by atoms with van der Waals surface area (Å²) in [4.78, 5) is 37.9. The highest BCUT2D eigenvalue weighted by molar-refractivity contribution is 5.69. The summed E-state index contributed by atoms with van der Waals surface area (Å²) in [6, 6.07) is -0.833. The quantitative estimate of drug-likeness (QED) is 0.234. The van der Waals surface area contributed by atoms with Crippen LogP contribution in [0.3, 0.4) is 0 Å². The van der Waals surface area contributed by atoms with Gasteiger partial charge in [0.15, 0.2) is 0 Å². The lowest BCUT2D eigenvalue weighted by Crippen LogP contribution is -2.18. The summed E-state index contributed by atoms with van der Waals surface area (Å²) in [5, 5.41) is 14.0. The first kappa shape index (κ1) is 106. The largest absolute Gasteiger partial charge is 0.423 e. The Hall–Kier alpha value is -2.32. The number of nitrogens with two attached hydrogens (primary N) is 4. The van der Waals surface area contributed by atoms with Gasteiger partial charge in [-0.3, -0.25) is 0 Å². The van der Waals surface area contributed by atoms with Crippen LogP contribution in [0.1, 0.15) is 29.7 Å². The second-order valence-electron chi connectivity index (χ2n) is 0.923. The van der Waals surface area contributed by atoms with Crippen LogP contribution in [0.4, 0.5) is 9.59 Å². The van der Waals surface area contributed by atoms with Crippen molar-refractivity contribution in [3.05, 3.63) is 0 Å². The number of carbonyl (C=O) groups excluding carboxylic acids is 4. The zero-order valence-electron chi connectivity index (χ0n) is 10.7. The van der Waals surface area contributed by atoms with Crippen molar-refractivity contribution in [2.45, 2.75) is 29.7 Å². The predicted octanol–water partition coefficient (Wildman–Crippen LogP) is -1.34. The van der Waals surface area contributed by atoms with Gasteiger partial charge in [-0.1, -0.05) is 29.7 Å². The minimum atomic E-state index is -0.968. The lowest BCUT2D eigenvalue weighted by Gasteiger charge is -1.79. The summed E-state index contributed by atoms with van der Waals surface area (Å²) >= 11 is 0. The maximum Gasteiger partial charge on any atom is 0.423 e. The summed E-state index contributed by atoms with van der Waals surface area (Å²) in [5.41, 5.74) is 12.8. The van der Waals surface area contributed by atoms with Crippen molar-refractivity contribution < 1.29 is 39.7 Å². The molecule has 0 aromatic heterocycles. The van der Waals surface area contributed by atoms with E-state index in [2.05, 4.69) is 27.9 Å². The predicted molar refractivity (Wildman–Crippen MR) is 90.5 cm³/mol. The van der Waals surface area contributed by atoms with E-state index < -0.39 is 12.1 Å². The molecule has 14 heteroatoms. The van der Waals surface area contributed by atoms with Crippen molar-refractivity contribution in [1.29, 1.82) is 0 Å². The van der Waals surface area contributed by atoms with E-state index in [0.717, 1.165) is 14.2 Å². The van der Waals surface area contributed by atoms with Gasteiger partial charge in [0.25, 0.3) is 0 Å². The average Bonchev–Trinajstić information content (AvgIpc) is 2.24. The van der Waals surface area contributed by atoms with E-state index >= 15 is 0 Å². The van der Waals surface area contributed by atoms with E-state index in [-0.39, 0.29) is 53.6 Å². The van der Waals surface area contributed by atoms with E-state index in [1.54, 1.807) is 0 Å². The molecular weight excluding hydrogens is 320 g/mol. The number of hydrogen-bond donors (Lipinski definition) is 8. The second-order valence-corrected chi connectivity index (χ2v) is 0.923. The maximum atomic E-state index is 9.24. The van der Waals surface area contributed by atoms with Crippen LogP contribution in [0.2, 0.25) is 0 Å². The average molecular weight is 360 g/mol. The minimum absolute atomic E-state index is 0. The van der Waals surface area contributed by atoms with Crippen LogP contribution >= 0.6 is 0 Å². The van der Waals surface area contributed by atoms with Gasteiger partial charge in [0, 0.05) is 14.2 Å². The molecule has 0 aliphatic rings. The molecule has 0 aromatic rings. The molecule has 23 heavy (non-hydrogen) atoms. The molecule has 0 saturated heterocycles. The van der Waals surface area contributed by atoms with Crippen LogP contribution in [0.15, 0.2) is 0 Å². The third-order valence-corrected chi connectivity index (χ3v) is 0.116. The Morgan fingerprint density at radius 2 is 0.870 bits per heavy atom. The van der Waals surface area contributed by atoms with Crippen molar-refractivity contribution in [1.82, 2.24) is 12.3 Å². The van der Waals surface area contributed by atoms with Gasteiger partial charge >= 0.3 is 18.3 Å². The molecule has 0 spiro atoms. The first-order valence-electron chi connectivity index (χ1n) is 3.02. The van der Waals surface area contributed by atoms with E-state index in [9.17, 15) is 4.79 Å². The first-order chi connectivity index (χ1) is 7.42. The van der Waals surface area contributed by atoms with Crippen LogP contribution in [-0.4, -0.2) is 48.2 Å². The normalized spacial score (nSPS) is 3.35. The highest BCUT2D eigenvalue weighted by Gasteiger charge is 1.77. The smallest absolute Gasteiger partial charge is 0.412 e. The third kappa shape index (κ3) is 60100. The molecule has 0 bridgehead atoms. The van der Waals surface area contributed by atoms with Gasteiger partial charge in [0.05, 0.1) is 0 Å². The second kappa shape index (κ2) is 213. The lowest BCUT2D eigenvalue weighted by atomic mass is 11.2. The van der Waals surface area contributed by atoms with Gasteiger partial charge in [-0.25, -0.2) is 9.59 Å². The van der Waals surface area contributed by atoms with Crippen molar-refractivity contribution in [2.24, 2.45) is 23.1 Å². The third-order valence-electron chi connectivity index (χ3n) is 0.116. The van der Waals surface area contributed by atoms with Gasteiger partial charge in [0.1, 0.15) is 0 Å². The Balaban J connectivity index is -0.00000000633. The number of carbonyl (C=O) groups is 2. The molecule has 0 atom stereocenters. The van der Waals surface area contributed by atoms with Crippen molar-refractivity contribution in [3.63, 3.8) is 0 Å². The van der Waals surface area contributed by atoms with Crippen LogP contribution in [0.5, 0.6) is 0 Å². The first-order valence-corrected chi connectivity index (χ1v) is 3.02. The molecule has 0 rings (SSSR count). The maximum absolute atomic E-state index is 9.24. The number of amides is 3. The molecule has 0 radical (unpaired) electrons. The van der Waals surface area contributed by atoms with Crippen LogP contribution < -0.4 is 35.4 Å². The van der Waals surface area contributed by atoms with E-state index in [0.29, 0.717) is 0 Å². The molecule has 0 heterocycles. The Morgan fingerprint density at radius 1 is 0.826 bits per heavy atom. The number of urea groups is 1. The standard InChI is InChI=1S/CH4N2O2.CH4N2O.CO2.2CH4O.4CH4.2H3N.H2O/c2-1(4)5-3;2-1(3)4;2-1-3;2*1-2;;;;;;;/h3H2,(H2,2,4);(H4,2,3,4);;2*2H,1H3;4*1H4;2*1H3;1H2. The van der Waals surface area contributed by atoms with Gasteiger partial charge in [-0.2, -0.15) is 15.5 Å². The summed E-state index contributed by atoms with van der Waals surface area (Å²) in [6.45, 7) is 0. The fraction of sp³-hybridized carbons (Fsp3) is 0.667. The highest BCUT2D eigenvalue weighted by Crippen LogP contribution is 1.49. The molecular formula is C9H40N6O8. The molecule has 0 unspecified atom stereocenters. The molecule has 14 nitrogen and oxygen atoms in total. The minimum Gasteiger partial charge on any atom is -0.412 e. The van der Waals surface area contributed by atoms with Gasteiger partial charge in [0.2, 0.25) is 0 Å². The van der Waals surface area contributed by atoms with E-state index in [1.165, 1.54) is 0 Å². The Labute approximate surface area is 138 Å². The number of primary amides is 3. The van der Waals surface area contributed by atoms with E-state index in [1.807, 2.05) is 0 Å². The van der Waals surface area contributed by atoms with E-state index in [4.69, 9.17) is 24.6 Å². The number of aliphatic hydroxyl groups is 2. The highest BCUT2D eigenvalue weighted by atomic mass is 16.7. The van der Waals surface area contributed by atoms with Crippen LogP contribution in [0.25, 0.3) is 0 Å². The topological polar surface area (TPSA) is 324 Å². The summed E-state index contributed by atoms with van der Waals surface area (Å²) in [7, 11) is 2.00. The summed E-state index contributed by atoms with van der Waals surface area (Å²) < 4.78 is 0. The molecule has 0 fully saturated rings. The monoisotopic (exact) mass is 360 g/mol. The van der Waals surface area contributed by atoms with Gasteiger partial charge < -0.3 is 50.0 Å². The fourth-order valence-corrected chi connectivity index (χ4v) is 0.